The number of hydrogen-bond donors (Lipinski definition) is 0. The number of carbonyl (C=O) groups is 2. The maximum atomic E-state index is 11.0. The van der Waals surface area contributed by atoms with Crippen LogP contribution >= 0.6 is 0 Å². The zero-order valence-electron chi connectivity index (χ0n) is 8.61. The van der Waals surface area contributed by atoms with Gasteiger partial charge in [-0.2, -0.15) is 0 Å². The molecule has 0 aliphatic rings. The first-order valence-electron chi connectivity index (χ1n) is 4.64. The average Bonchev–Trinajstić information content (AvgIpc) is 2.65. The Balaban J connectivity index is 2.69. The molecule has 0 spiro atoms. The van der Waals surface area contributed by atoms with E-state index in [0.717, 1.165) is 0 Å². The first kappa shape index (κ1) is 11.3. The predicted octanol–water partition coefficient (Wildman–Crippen LogP) is 1.91. The lowest BCUT2D eigenvalue weighted by Gasteiger charge is -2.02. The van der Waals surface area contributed by atoms with Crippen LogP contribution in [0.1, 0.15) is 26.7 Å². The molecule has 15 heavy (non-hydrogen) atoms. The van der Waals surface area contributed by atoms with Crippen LogP contribution in [0.2, 0.25) is 0 Å². The smallest absolute Gasteiger partial charge is 0.311 e. The van der Waals surface area contributed by atoms with Crippen LogP contribution in [0.5, 0.6) is 11.5 Å². The molecule has 0 saturated heterocycles. The fourth-order valence-electron chi connectivity index (χ4n) is 0.812. The molecular formula is C10H12O5. The molecule has 82 valence electrons. The Labute approximate surface area is 87.0 Å². The van der Waals surface area contributed by atoms with E-state index in [1.807, 2.05) is 0 Å². The topological polar surface area (TPSA) is 65.7 Å². The van der Waals surface area contributed by atoms with E-state index >= 15 is 0 Å². The van der Waals surface area contributed by atoms with Gasteiger partial charge in [0.25, 0.3) is 0 Å². The Morgan fingerprint density at radius 2 is 1.47 bits per heavy atom. The van der Waals surface area contributed by atoms with Crippen molar-refractivity contribution >= 4 is 11.9 Å². The van der Waals surface area contributed by atoms with Crippen LogP contribution in [0, 0.1) is 0 Å². The van der Waals surface area contributed by atoms with Crippen molar-refractivity contribution in [2.45, 2.75) is 26.7 Å². The number of furan rings is 1. The van der Waals surface area contributed by atoms with Crippen molar-refractivity contribution in [3.8, 4) is 11.5 Å². The Morgan fingerprint density at radius 3 is 1.80 bits per heavy atom. The molecule has 1 aromatic heterocycles. The van der Waals surface area contributed by atoms with Crippen LogP contribution in [0.4, 0.5) is 0 Å². The van der Waals surface area contributed by atoms with Crippen molar-refractivity contribution in [2.75, 3.05) is 0 Å². The Morgan fingerprint density at radius 1 is 1.07 bits per heavy atom. The number of esters is 2. The van der Waals surface area contributed by atoms with Gasteiger partial charge in [-0.05, 0) is 0 Å². The zero-order chi connectivity index (χ0) is 11.3. The maximum Gasteiger partial charge on any atom is 0.311 e. The third-order valence-corrected chi connectivity index (χ3v) is 1.62. The summed E-state index contributed by atoms with van der Waals surface area (Å²) in [5.74, 6) is -0.567. The second-order valence-corrected chi connectivity index (χ2v) is 2.76. The quantitative estimate of drug-likeness (QED) is 0.713. The summed E-state index contributed by atoms with van der Waals surface area (Å²) in [4.78, 5) is 22.0. The first-order chi connectivity index (χ1) is 7.17. The van der Waals surface area contributed by atoms with Gasteiger partial charge in [0.1, 0.15) is 12.5 Å². The molecule has 5 nitrogen and oxygen atoms in total. The Hall–Kier alpha value is -1.78. The van der Waals surface area contributed by atoms with Gasteiger partial charge in [-0.3, -0.25) is 9.59 Å². The van der Waals surface area contributed by atoms with E-state index in [0.29, 0.717) is 0 Å². The van der Waals surface area contributed by atoms with Crippen LogP contribution in [-0.2, 0) is 9.59 Å². The van der Waals surface area contributed by atoms with Gasteiger partial charge in [-0.25, -0.2) is 0 Å². The second-order valence-electron chi connectivity index (χ2n) is 2.76. The molecule has 1 rings (SSSR count). The van der Waals surface area contributed by atoms with E-state index in [2.05, 4.69) is 0 Å². The highest BCUT2D eigenvalue weighted by atomic mass is 16.6. The average molecular weight is 212 g/mol. The van der Waals surface area contributed by atoms with E-state index in [1.165, 1.54) is 12.5 Å². The molecule has 0 unspecified atom stereocenters. The fraction of sp³-hybridized carbons (Fsp3) is 0.400. The lowest BCUT2D eigenvalue weighted by molar-refractivity contribution is -0.136. The summed E-state index contributed by atoms with van der Waals surface area (Å²) in [7, 11) is 0. The third-order valence-electron chi connectivity index (χ3n) is 1.62. The first-order valence-corrected chi connectivity index (χ1v) is 4.64. The number of ether oxygens (including phenoxy) is 2. The minimum absolute atomic E-state index is 0.128. The molecule has 0 atom stereocenters. The zero-order valence-corrected chi connectivity index (χ0v) is 8.61. The molecule has 0 fully saturated rings. The second kappa shape index (κ2) is 5.19. The van der Waals surface area contributed by atoms with Crippen molar-refractivity contribution in [1.29, 1.82) is 0 Å². The van der Waals surface area contributed by atoms with E-state index in [9.17, 15) is 9.59 Å². The summed E-state index contributed by atoms with van der Waals surface area (Å²) in [5, 5.41) is 0. The largest absolute Gasteiger partial charge is 0.465 e. The molecule has 0 saturated carbocycles. The van der Waals surface area contributed by atoms with Gasteiger partial charge in [0.2, 0.25) is 11.5 Å². The summed E-state index contributed by atoms with van der Waals surface area (Å²) in [6.45, 7) is 3.33. The van der Waals surface area contributed by atoms with Gasteiger partial charge in [-0.1, -0.05) is 13.8 Å². The van der Waals surface area contributed by atoms with Gasteiger partial charge in [0.15, 0.2) is 0 Å². The molecule has 5 heteroatoms. The van der Waals surface area contributed by atoms with Gasteiger partial charge < -0.3 is 13.9 Å². The van der Waals surface area contributed by atoms with Crippen molar-refractivity contribution < 1.29 is 23.5 Å². The third kappa shape index (κ3) is 3.12. The highest BCUT2D eigenvalue weighted by molar-refractivity contribution is 5.75. The molecule has 1 heterocycles. The fourth-order valence-corrected chi connectivity index (χ4v) is 0.812. The minimum atomic E-state index is -0.412. The Bertz CT molecular complexity index is 320. The Kier molecular flexibility index (Phi) is 3.91. The summed E-state index contributed by atoms with van der Waals surface area (Å²) >= 11 is 0. The van der Waals surface area contributed by atoms with Crippen molar-refractivity contribution in [3.05, 3.63) is 12.5 Å². The van der Waals surface area contributed by atoms with Crippen LogP contribution < -0.4 is 9.47 Å². The highest BCUT2D eigenvalue weighted by Gasteiger charge is 2.14. The molecule has 0 amide bonds. The molecule has 0 aliphatic carbocycles. The predicted molar refractivity (Wildman–Crippen MR) is 50.6 cm³/mol. The molecule has 1 aromatic rings. The SMILES string of the molecule is CCC(=O)Oc1cocc1OC(=O)CC. The summed E-state index contributed by atoms with van der Waals surface area (Å²) in [6.07, 6.45) is 2.91. The van der Waals surface area contributed by atoms with E-state index in [1.54, 1.807) is 13.8 Å². The number of carbonyl (C=O) groups excluding carboxylic acids is 2. The monoisotopic (exact) mass is 212 g/mol. The van der Waals surface area contributed by atoms with E-state index in [-0.39, 0.29) is 24.3 Å². The van der Waals surface area contributed by atoms with Crippen molar-refractivity contribution in [3.63, 3.8) is 0 Å². The number of hydrogen-bond acceptors (Lipinski definition) is 5. The van der Waals surface area contributed by atoms with Crippen molar-refractivity contribution in [1.82, 2.24) is 0 Å². The van der Waals surface area contributed by atoms with Crippen LogP contribution in [0.15, 0.2) is 16.9 Å². The lowest BCUT2D eigenvalue weighted by Crippen LogP contribution is -2.09. The number of rotatable bonds is 4. The summed E-state index contributed by atoms with van der Waals surface area (Å²) < 4.78 is 14.5. The maximum absolute atomic E-state index is 11.0. The molecule has 0 bridgehead atoms. The van der Waals surface area contributed by atoms with E-state index in [4.69, 9.17) is 13.9 Å². The normalized spacial score (nSPS) is 9.73. The van der Waals surface area contributed by atoms with Gasteiger partial charge in [0, 0.05) is 12.8 Å². The van der Waals surface area contributed by atoms with Crippen molar-refractivity contribution in [2.24, 2.45) is 0 Å². The van der Waals surface area contributed by atoms with Crippen LogP contribution in [0.25, 0.3) is 0 Å². The summed E-state index contributed by atoms with van der Waals surface area (Å²) in [6, 6.07) is 0. The molecular weight excluding hydrogens is 200 g/mol. The standard InChI is InChI=1S/C10H12O5/c1-3-9(11)14-7-5-13-6-8(7)15-10(12)4-2/h5-6H,3-4H2,1-2H3. The van der Waals surface area contributed by atoms with E-state index < -0.39 is 11.9 Å². The highest BCUT2D eigenvalue weighted by Crippen LogP contribution is 2.28. The lowest BCUT2D eigenvalue weighted by atomic mass is 10.4. The summed E-state index contributed by atoms with van der Waals surface area (Å²) in [5.41, 5.74) is 0. The molecule has 0 aromatic carbocycles. The van der Waals surface area contributed by atoms with Gasteiger partial charge in [-0.15, -0.1) is 0 Å². The van der Waals surface area contributed by atoms with Crippen LogP contribution in [-0.4, -0.2) is 11.9 Å². The molecule has 0 aliphatic heterocycles. The molecule has 0 radical (unpaired) electrons. The van der Waals surface area contributed by atoms with Gasteiger partial charge >= 0.3 is 11.9 Å². The molecule has 0 N–H and O–H groups in total. The van der Waals surface area contributed by atoms with Gasteiger partial charge in [0.05, 0.1) is 0 Å². The minimum Gasteiger partial charge on any atom is -0.465 e. The van der Waals surface area contributed by atoms with Crippen LogP contribution in [0.3, 0.4) is 0 Å².